The monoisotopic (exact) mass is 305 g/mol. The van der Waals surface area contributed by atoms with Crippen molar-refractivity contribution >= 4 is 23.2 Å². The summed E-state index contributed by atoms with van der Waals surface area (Å²) in [5.74, 6) is -0.370. The van der Waals surface area contributed by atoms with Gasteiger partial charge >= 0.3 is 0 Å². The average Bonchev–Trinajstić information content (AvgIpc) is 2.47. The Morgan fingerprint density at radius 3 is 2.05 bits per heavy atom. The van der Waals surface area contributed by atoms with Crippen LogP contribution >= 0.6 is 0 Å². The quantitative estimate of drug-likeness (QED) is 0.814. The predicted octanol–water partition coefficient (Wildman–Crippen LogP) is 2.63. The number of hydrogen-bond acceptors (Lipinski definition) is 3. The molecule has 0 aromatic heterocycles. The molecule has 2 N–H and O–H groups in total. The number of carbonyl (C=O) groups is 2. The lowest BCUT2D eigenvalue weighted by Gasteiger charge is -2.22. The van der Waals surface area contributed by atoms with E-state index in [1.165, 1.54) is 6.92 Å². The number of rotatable bonds is 7. The smallest absolute Gasteiger partial charge is 0.247 e. The van der Waals surface area contributed by atoms with E-state index in [0.29, 0.717) is 0 Å². The van der Waals surface area contributed by atoms with E-state index in [1.807, 2.05) is 38.1 Å². The summed E-state index contributed by atoms with van der Waals surface area (Å²) in [6.07, 6.45) is 0. The van der Waals surface area contributed by atoms with E-state index in [-0.39, 0.29) is 17.7 Å². The lowest BCUT2D eigenvalue weighted by Crippen LogP contribution is -2.46. The molecule has 0 aliphatic rings. The second-order valence-electron chi connectivity index (χ2n) is 5.63. The van der Waals surface area contributed by atoms with Crippen molar-refractivity contribution in [2.45, 2.75) is 40.7 Å². The molecule has 0 aliphatic carbocycles. The first-order chi connectivity index (χ1) is 10.4. The second kappa shape index (κ2) is 8.41. The molecule has 22 heavy (non-hydrogen) atoms. The van der Waals surface area contributed by atoms with Gasteiger partial charge in [0.05, 0.1) is 0 Å². The Kier molecular flexibility index (Phi) is 6.89. The molecule has 5 nitrogen and oxygen atoms in total. The van der Waals surface area contributed by atoms with Crippen LogP contribution in [0.15, 0.2) is 24.3 Å². The van der Waals surface area contributed by atoms with Crippen LogP contribution in [0.3, 0.4) is 0 Å². The molecule has 1 aromatic carbocycles. The molecule has 0 unspecified atom stereocenters. The van der Waals surface area contributed by atoms with Gasteiger partial charge in [0.2, 0.25) is 11.8 Å². The van der Waals surface area contributed by atoms with Crippen LogP contribution in [0.4, 0.5) is 11.4 Å². The van der Waals surface area contributed by atoms with E-state index in [4.69, 9.17) is 0 Å². The number of nitrogens with one attached hydrogen (secondary N) is 2. The molecule has 0 radical (unpaired) electrons. The zero-order valence-corrected chi connectivity index (χ0v) is 14.1. The van der Waals surface area contributed by atoms with Crippen LogP contribution in [0.1, 0.15) is 34.6 Å². The Labute approximate surface area is 133 Å². The van der Waals surface area contributed by atoms with Crippen LogP contribution in [-0.2, 0) is 9.59 Å². The van der Waals surface area contributed by atoms with Crippen molar-refractivity contribution in [1.29, 1.82) is 0 Å². The van der Waals surface area contributed by atoms with Gasteiger partial charge in [-0.15, -0.1) is 0 Å². The third-order valence-electron chi connectivity index (χ3n) is 3.57. The van der Waals surface area contributed by atoms with E-state index in [9.17, 15) is 9.59 Å². The summed E-state index contributed by atoms with van der Waals surface area (Å²) in [6.45, 7) is 11.3. The molecule has 122 valence electrons. The Bertz CT molecular complexity index is 493. The number of anilines is 2. The fraction of sp³-hybridized carbons (Fsp3) is 0.529. The molecule has 1 aromatic rings. The average molecular weight is 305 g/mol. The molecule has 0 heterocycles. The zero-order chi connectivity index (χ0) is 16.7. The number of carbonyl (C=O) groups excluding carboxylic acids is 2. The van der Waals surface area contributed by atoms with Gasteiger partial charge in [0.1, 0.15) is 6.04 Å². The van der Waals surface area contributed by atoms with Crippen LogP contribution in [0.5, 0.6) is 0 Å². The van der Waals surface area contributed by atoms with Gasteiger partial charge in [-0.05, 0) is 44.0 Å². The van der Waals surface area contributed by atoms with Gasteiger partial charge in [0.25, 0.3) is 0 Å². The summed E-state index contributed by atoms with van der Waals surface area (Å²) in [4.78, 5) is 25.7. The van der Waals surface area contributed by atoms with E-state index < -0.39 is 6.04 Å². The van der Waals surface area contributed by atoms with Gasteiger partial charge in [0.15, 0.2) is 0 Å². The summed E-state index contributed by atoms with van der Waals surface area (Å²) in [6, 6.07) is 7.23. The normalized spacial score (nSPS) is 11.9. The molecule has 5 heteroatoms. The van der Waals surface area contributed by atoms with Crippen molar-refractivity contribution in [3.63, 3.8) is 0 Å². The van der Waals surface area contributed by atoms with Gasteiger partial charge in [-0.25, -0.2) is 0 Å². The lowest BCUT2D eigenvalue weighted by atomic mass is 10.0. The lowest BCUT2D eigenvalue weighted by molar-refractivity contribution is -0.126. The molecule has 0 fully saturated rings. The second-order valence-corrected chi connectivity index (χ2v) is 5.63. The number of hydrogen-bond donors (Lipinski definition) is 2. The maximum Gasteiger partial charge on any atom is 0.247 e. The third-order valence-corrected chi connectivity index (χ3v) is 3.57. The van der Waals surface area contributed by atoms with Crippen LogP contribution in [0, 0.1) is 5.92 Å². The van der Waals surface area contributed by atoms with E-state index in [2.05, 4.69) is 29.4 Å². The van der Waals surface area contributed by atoms with Crippen molar-refractivity contribution in [2.75, 3.05) is 23.3 Å². The van der Waals surface area contributed by atoms with Crippen molar-refractivity contribution in [3.05, 3.63) is 24.3 Å². The molecule has 0 saturated carbocycles. The van der Waals surface area contributed by atoms with E-state index in [1.54, 1.807) is 0 Å². The van der Waals surface area contributed by atoms with Crippen molar-refractivity contribution in [2.24, 2.45) is 5.92 Å². The minimum absolute atomic E-state index is 0.0267. The summed E-state index contributed by atoms with van der Waals surface area (Å²) >= 11 is 0. The van der Waals surface area contributed by atoms with Crippen LogP contribution in [-0.4, -0.2) is 30.9 Å². The molecule has 2 amide bonds. The highest BCUT2D eigenvalue weighted by molar-refractivity contribution is 5.97. The summed E-state index contributed by atoms with van der Waals surface area (Å²) in [5.41, 5.74) is 1.86. The fourth-order valence-electron chi connectivity index (χ4n) is 2.32. The van der Waals surface area contributed by atoms with Gasteiger partial charge < -0.3 is 15.5 Å². The van der Waals surface area contributed by atoms with Crippen molar-refractivity contribution in [3.8, 4) is 0 Å². The fourth-order valence-corrected chi connectivity index (χ4v) is 2.32. The first-order valence-electron chi connectivity index (χ1n) is 7.82. The first kappa shape index (κ1) is 18.0. The maximum atomic E-state index is 12.3. The minimum Gasteiger partial charge on any atom is -0.372 e. The summed E-state index contributed by atoms with van der Waals surface area (Å²) in [7, 11) is 0. The Morgan fingerprint density at radius 2 is 1.64 bits per heavy atom. The Hall–Kier alpha value is -2.04. The molecule has 0 saturated heterocycles. The zero-order valence-electron chi connectivity index (χ0n) is 14.1. The first-order valence-corrected chi connectivity index (χ1v) is 7.82. The van der Waals surface area contributed by atoms with Gasteiger partial charge in [-0.1, -0.05) is 13.8 Å². The number of nitrogens with zero attached hydrogens (tertiary/aromatic N) is 1. The standard InChI is InChI=1S/C17H27N3O2/c1-6-20(7-2)15-10-8-14(9-11-15)19-17(22)16(12(3)4)18-13(5)21/h8-12,16H,6-7H2,1-5H3,(H,18,21)(H,19,22)/t16-/m0/s1. The van der Waals surface area contributed by atoms with Crippen LogP contribution in [0.25, 0.3) is 0 Å². The van der Waals surface area contributed by atoms with Crippen LogP contribution in [0.2, 0.25) is 0 Å². The molecule has 1 rings (SSSR count). The van der Waals surface area contributed by atoms with Gasteiger partial charge in [0, 0.05) is 31.4 Å². The van der Waals surface area contributed by atoms with E-state index >= 15 is 0 Å². The molecule has 0 bridgehead atoms. The topological polar surface area (TPSA) is 61.4 Å². The van der Waals surface area contributed by atoms with Gasteiger partial charge in [-0.2, -0.15) is 0 Å². The highest BCUT2D eigenvalue weighted by atomic mass is 16.2. The van der Waals surface area contributed by atoms with E-state index in [0.717, 1.165) is 24.5 Å². The molecular formula is C17H27N3O2. The maximum absolute atomic E-state index is 12.3. The summed E-state index contributed by atoms with van der Waals surface area (Å²) < 4.78 is 0. The number of amides is 2. The SMILES string of the molecule is CCN(CC)c1ccc(NC(=O)[C@@H](NC(C)=O)C(C)C)cc1. The molecule has 1 atom stereocenters. The number of benzene rings is 1. The summed E-state index contributed by atoms with van der Waals surface area (Å²) in [5, 5.41) is 5.55. The van der Waals surface area contributed by atoms with Crippen LogP contribution < -0.4 is 15.5 Å². The molecule has 0 aliphatic heterocycles. The van der Waals surface area contributed by atoms with Crippen molar-refractivity contribution < 1.29 is 9.59 Å². The highest BCUT2D eigenvalue weighted by Gasteiger charge is 2.22. The molecular weight excluding hydrogens is 278 g/mol. The minimum atomic E-state index is -0.528. The highest BCUT2D eigenvalue weighted by Crippen LogP contribution is 2.18. The predicted molar refractivity (Wildman–Crippen MR) is 91.1 cm³/mol. The van der Waals surface area contributed by atoms with Gasteiger partial charge in [-0.3, -0.25) is 9.59 Å². The third kappa shape index (κ3) is 5.06. The molecule has 0 spiro atoms. The Morgan fingerprint density at radius 1 is 1.09 bits per heavy atom. The Balaban J connectivity index is 2.77. The van der Waals surface area contributed by atoms with Crippen molar-refractivity contribution in [1.82, 2.24) is 5.32 Å². The largest absolute Gasteiger partial charge is 0.372 e.